The van der Waals surface area contributed by atoms with Crippen LogP contribution in [0.5, 0.6) is 0 Å². The first-order valence-corrected chi connectivity index (χ1v) is 10.5. The molecule has 0 aliphatic heterocycles. The molecular formula is C21H15ClFN3O4S. The molecule has 0 atom stereocenters. The minimum Gasteiger partial charge on any atom is -0.452 e. The average Bonchev–Trinajstić information content (AvgIpc) is 3.41. The van der Waals surface area contributed by atoms with E-state index >= 15 is 0 Å². The van der Waals surface area contributed by atoms with Gasteiger partial charge >= 0.3 is 5.97 Å². The third kappa shape index (κ3) is 3.92. The van der Waals surface area contributed by atoms with Crippen molar-refractivity contribution >= 4 is 39.8 Å². The summed E-state index contributed by atoms with van der Waals surface area (Å²) >= 11 is 7.43. The lowest BCUT2D eigenvalue weighted by molar-refractivity contribution is -0.119. The Hall–Kier alpha value is -3.22. The minimum atomic E-state index is -0.905. The summed E-state index contributed by atoms with van der Waals surface area (Å²) in [5.41, 5.74) is 1.12. The van der Waals surface area contributed by atoms with Crippen molar-refractivity contribution in [1.82, 2.24) is 5.16 Å². The molecule has 0 radical (unpaired) electrons. The first kappa shape index (κ1) is 21.0. The van der Waals surface area contributed by atoms with Crippen molar-refractivity contribution in [1.29, 1.82) is 5.26 Å². The number of benzene rings is 1. The number of nitrogens with one attached hydrogen (secondary N) is 1. The van der Waals surface area contributed by atoms with Gasteiger partial charge in [-0.1, -0.05) is 22.8 Å². The fraction of sp³-hybridized carbons (Fsp3) is 0.238. The maximum absolute atomic E-state index is 14.3. The molecule has 158 valence electrons. The molecular weight excluding hydrogens is 445 g/mol. The number of fused-ring (bicyclic) bond motifs is 1. The highest BCUT2D eigenvalue weighted by molar-refractivity contribution is 7.16. The van der Waals surface area contributed by atoms with Gasteiger partial charge in [-0.25, -0.2) is 9.18 Å². The molecule has 31 heavy (non-hydrogen) atoms. The summed E-state index contributed by atoms with van der Waals surface area (Å²) in [7, 11) is 0. The minimum absolute atomic E-state index is 0.0508. The van der Waals surface area contributed by atoms with Gasteiger partial charge in [-0.05, 0) is 43.9 Å². The Kier molecular flexibility index (Phi) is 5.76. The predicted molar refractivity (Wildman–Crippen MR) is 112 cm³/mol. The van der Waals surface area contributed by atoms with Crippen LogP contribution in [-0.2, 0) is 22.4 Å². The SMILES string of the molecule is Cc1onc(-c2c(F)cccc2Cl)c1C(=O)OCC(=O)Nc1sc2c(c1C#N)CCC2. The number of amides is 1. The van der Waals surface area contributed by atoms with E-state index in [-0.39, 0.29) is 27.6 Å². The van der Waals surface area contributed by atoms with Gasteiger partial charge in [0, 0.05) is 4.88 Å². The van der Waals surface area contributed by atoms with E-state index in [4.69, 9.17) is 20.9 Å². The molecule has 0 fully saturated rings. The number of halogens is 2. The van der Waals surface area contributed by atoms with E-state index in [1.807, 2.05) is 0 Å². The Morgan fingerprint density at radius 3 is 2.97 bits per heavy atom. The second-order valence-corrected chi connectivity index (χ2v) is 8.37. The zero-order valence-electron chi connectivity index (χ0n) is 16.3. The number of nitriles is 1. The number of hydrogen-bond donors (Lipinski definition) is 1. The lowest BCUT2D eigenvalue weighted by Crippen LogP contribution is -2.21. The van der Waals surface area contributed by atoms with E-state index in [0.29, 0.717) is 10.6 Å². The zero-order valence-corrected chi connectivity index (χ0v) is 17.8. The molecule has 1 aliphatic rings. The standard InChI is InChI=1S/C21H15ClFN3O4S/c1-10-17(19(26-30-10)18-13(22)5-3-6-14(18)23)21(28)29-9-16(27)25-20-12(8-24)11-4-2-7-15(11)31-20/h3,5-6H,2,4,7,9H2,1H3,(H,25,27). The van der Waals surface area contributed by atoms with Gasteiger partial charge in [-0.15, -0.1) is 11.3 Å². The number of rotatable bonds is 5. The Morgan fingerprint density at radius 1 is 1.42 bits per heavy atom. The Morgan fingerprint density at radius 2 is 2.23 bits per heavy atom. The monoisotopic (exact) mass is 459 g/mol. The van der Waals surface area contributed by atoms with E-state index < -0.39 is 24.3 Å². The second-order valence-electron chi connectivity index (χ2n) is 6.86. The third-order valence-electron chi connectivity index (χ3n) is 4.89. The van der Waals surface area contributed by atoms with Gasteiger partial charge < -0.3 is 14.6 Å². The summed E-state index contributed by atoms with van der Waals surface area (Å²) in [6.45, 7) is 0.871. The number of aryl methyl sites for hydroxylation is 2. The molecule has 1 amide bonds. The van der Waals surface area contributed by atoms with Gasteiger partial charge in [0.2, 0.25) is 0 Å². The number of aromatic nitrogens is 1. The molecule has 7 nitrogen and oxygen atoms in total. The van der Waals surface area contributed by atoms with Crippen molar-refractivity contribution < 1.29 is 23.2 Å². The molecule has 10 heteroatoms. The van der Waals surface area contributed by atoms with Crippen molar-refractivity contribution in [2.75, 3.05) is 11.9 Å². The number of nitrogens with zero attached hydrogens (tertiary/aromatic N) is 2. The quantitative estimate of drug-likeness (QED) is 0.556. The Balaban J connectivity index is 1.49. The molecule has 1 N–H and O–H groups in total. The summed E-state index contributed by atoms with van der Waals surface area (Å²) in [4.78, 5) is 26.0. The Labute approximate surface area is 185 Å². The van der Waals surface area contributed by atoms with E-state index in [1.54, 1.807) is 0 Å². The van der Waals surface area contributed by atoms with Crippen LogP contribution in [0.15, 0.2) is 22.7 Å². The molecule has 3 aromatic rings. The van der Waals surface area contributed by atoms with Gasteiger partial charge in [0.05, 0.1) is 16.1 Å². The topological polar surface area (TPSA) is 105 Å². The molecule has 0 saturated heterocycles. The summed E-state index contributed by atoms with van der Waals surface area (Å²) < 4.78 is 24.4. The summed E-state index contributed by atoms with van der Waals surface area (Å²) in [5.74, 6) is -2.08. The number of carbonyl (C=O) groups excluding carboxylic acids is 2. The molecule has 0 saturated carbocycles. The highest BCUT2D eigenvalue weighted by atomic mass is 35.5. The van der Waals surface area contributed by atoms with Crippen LogP contribution >= 0.6 is 22.9 Å². The number of anilines is 1. The number of hydrogen-bond acceptors (Lipinski definition) is 7. The van der Waals surface area contributed by atoms with Crippen LogP contribution in [0.3, 0.4) is 0 Å². The van der Waals surface area contributed by atoms with Crippen LogP contribution in [0.2, 0.25) is 5.02 Å². The molecule has 0 spiro atoms. The third-order valence-corrected chi connectivity index (χ3v) is 6.41. The van der Waals surface area contributed by atoms with E-state index in [9.17, 15) is 19.2 Å². The highest BCUT2D eigenvalue weighted by Crippen LogP contribution is 2.38. The molecule has 0 unspecified atom stereocenters. The maximum Gasteiger partial charge on any atom is 0.344 e. The Bertz CT molecular complexity index is 1220. The fourth-order valence-electron chi connectivity index (χ4n) is 3.48. The lowest BCUT2D eigenvalue weighted by atomic mass is 10.1. The van der Waals surface area contributed by atoms with Crippen molar-refractivity contribution in [3.8, 4) is 17.3 Å². The molecule has 1 aromatic carbocycles. The zero-order chi connectivity index (χ0) is 22.1. The van der Waals surface area contributed by atoms with E-state index in [2.05, 4.69) is 16.5 Å². The average molecular weight is 460 g/mol. The van der Waals surface area contributed by atoms with Crippen LogP contribution in [-0.4, -0.2) is 23.6 Å². The van der Waals surface area contributed by atoms with Gasteiger partial charge in [0.15, 0.2) is 6.61 Å². The first-order valence-electron chi connectivity index (χ1n) is 9.33. The number of ether oxygens (including phenoxy) is 1. The molecule has 0 bridgehead atoms. The van der Waals surface area contributed by atoms with E-state index in [1.165, 1.54) is 36.5 Å². The fourth-order valence-corrected chi connectivity index (χ4v) is 4.99. The number of esters is 1. The molecule has 2 aromatic heterocycles. The van der Waals surface area contributed by atoms with Crippen LogP contribution < -0.4 is 5.32 Å². The van der Waals surface area contributed by atoms with Crippen molar-refractivity contribution in [3.63, 3.8) is 0 Å². The van der Waals surface area contributed by atoms with E-state index in [0.717, 1.165) is 29.7 Å². The smallest absolute Gasteiger partial charge is 0.344 e. The number of carbonyl (C=O) groups is 2. The van der Waals surface area contributed by atoms with Crippen molar-refractivity contribution in [2.45, 2.75) is 26.2 Å². The summed E-state index contributed by atoms with van der Waals surface area (Å²) in [6.07, 6.45) is 2.69. The van der Waals surface area contributed by atoms with Gasteiger partial charge in [-0.2, -0.15) is 5.26 Å². The normalized spacial score (nSPS) is 12.3. The lowest BCUT2D eigenvalue weighted by Gasteiger charge is -2.07. The maximum atomic E-state index is 14.3. The number of thiophene rings is 1. The van der Waals surface area contributed by atoms with Crippen molar-refractivity contribution in [2.24, 2.45) is 0 Å². The van der Waals surface area contributed by atoms with Crippen LogP contribution in [0, 0.1) is 24.1 Å². The van der Waals surface area contributed by atoms with Crippen LogP contribution in [0.1, 0.15) is 38.5 Å². The first-order chi connectivity index (χ1) is 14.9. The van der Waals surface area contributed by atoms with Crippen LogP contribution in [0.4, 0.5) is 9.39 Å². The van der Waals surface area contributed by atoms with Gasteiger partial charge in [0.25, 0.3) is 5.91 Å². The second kappa shape index (κ2) is 8.49. The predicted octanol–water partition coefficient (Wildman–Crippen LogP) is 4.66. The van der Waals surface area contributed by atoms with Gasteiger partial charge in [0.1, 0.15) is 33.9 Å². The summed E-state index contributed by atoms with van der Waals surface area (Å²) in [5, 5.41) is 16.3. The largest absolute Gasteiger partial charge is 0.452 e. The molecule has 4 rings (SSSR count). The summed E-state index contributed by atoms with van der Waals surface area (Å²) in [6, 6.07) is 6.19. The molecule has 1 aliphatic carbocycles. The molecule has 2 heterocycles. The highest BCUT2D eigenvalue weighted by Gasteiger charge is 2.28. The van der Waals surface area contributed by atoms with Gasteiger partial charge in [-0.3, -0.25) is 4.79 Å². The van der Waals surface area contributed by atoms with Crippen molar-refractivity contribution in [3.05, 3.63) is 56.4 Å². The van der Waals surface area contributed by atoms with Crippen LogP contribution in [0.25, 0.3) is 11.3 Å².